The van der Waals surface area contributed by atoms with Crippen LogP contribution in [-0.4, -0.2) is 34.4 Å². The number of hydrogen-bond donors (Lipinski definition) is 2. The van der Waals surface area contributed by atoms with Crippen molar-refractivity contribution < 1.29 is 19.5 Å². The summed E-state index contributed by atoms with van der Waals surface area (Å²) in [7, 11) is 0. The summed E-state index contributed by atoms with van der Waals surface area (Å²) in [6.45, 7) is -0.371. The van der Waals surface area contributed by atoms with Crippen molar-refractivity contribution in [3.8, 4) is 0 Å². The molecule has 0 heterocycles. The van der Waals surface area contributed by atoms with Gasteiger partial charge in [-0.1, -0.05) is 19.3 Å². The number of hydrogen-bond acceptors (Lipinski definition) is 5. The molecule has 1 saturated carbocycles. The largest absolute Gasteiger partial charge is 0.480 e. The van der Waals surface area contributed by atoms with Gasteiger partial charge in [0.25, 0.3) is 0 Å². The maximum absolute atomic E-state index is 12.0. The Kier molecular flexibility index (Phi) is 5.00. The van der Waals surface area contributed by atoms with Crippen LogP contribution in [0.5, 0.6) is 0 Å². The lowest BCUT2D eigenvalue weighted by molar-refractivity contribution is -0.135. The monoisotopic (exact) mass is 295 g/mol. The highest BCUT2D eigenvalue weighted by atomic mass is 32.2. The van der Waals surface area contributed by atoms with Crippen LogP contribution in [0.25, 0.3) is 0 Å². The molecule has 0 bridgehead atoms. The van der Waals surface area contributed by atoms with Gasteiger partial charge in [0.05, 0.1) is 10.6 Å². The third-order valence-electron chi connectivity index (χ3n) is 3.32. The minimum Gasteiger partial charge on any atom is -0.480 e. The summed E-state index contributed by atoms with van der Waals surface area (Å²) >= 11 is 1.48. The van der Waals surface area contributed by atoms with Crippen molar-refractivity contribution in [3.05, 3.63) is 22.8 Å². The molecule has 1 fully saturated rings. The van der Waals surface area contributed by atoms with E-state index in [4.69, 9.17) is 5.11 Å². The van der Waals surface area contributed by atoms with Crippen molar-refractivity contribution in [3.63, 3.8) is 0 Å². The van der Waals surface area contributed by atoms with Gasteiger partial charge in [0, 0.05) is 17.4 Å². The number of carboxylic acids is 1. The molecule has 0 atom stereocenters. The fourth-order valence-electron chi connectivity index (χ4n) is 2.30. The van der Waals surface area contributed by atoms with Gasteiger partial charge in [0.15, 0.2) is 5.78 Å². The van der Waals surface area contributed by atoms with Crippen LogP contribution in [0.15, 0.2) is 22.8 Å². The molecule has 2 rings (SSSR count). The molecule has 0 aliphatic heterocycles. The minimum absolute atomic E-state index is 0.0606. The van der Waals surface area contributed by atoms with Gasteiger partial charge < -0.3 is 10.4 Å². The fraction of sp³-hybridized carbons (Fsp3) is 0.500. The van der Waals surface area contributed by atoms with Crippen LogP contribution in [0.2, 0.25) is 0 Å². The van der Waals surface area contributed by atoms with Crippen LogP contribution in [0, 0.1) is 0 Å². The summed E-state index contributed by atoms with van der Waals surface area (Å²) < 4.78 is 0. The molecule has 0 aromatic heterocycles. The van der Waals surface area contributed by atoms with Crippen LogP contribution in [0.3, 0.4) is 0 Å². The maximum Gasteiger partial charge on any atom is 0.322 e. The van der Waals surface area contributed by atoms with Crippen molar-refractivity contribution >= 4 is 29.3 Å². The Bertz CT molecular complexity index is 489. The summed E-state index contributed by atoms with van der Waals surface area (Å²) in [5, 5.41) is 11.4. The molecule has 6 heteroatoms. The Morgan fingerprint density at radius 1 is 1.20 bits per heavy atom. The highest BCUT2D eigenvalue weighted by molar-refractivity contribution is 8.04. The lowest BCUT2D eigenvalue weighted by atomic mass is 10.0. The average molecular weight is 295 g/mol. The topological polar surface area (TPSA) is 83.5 Å². The predicted molar refractivity (Wildman–Crippen MR) is 76.3 cm³/mol. The quantitative estimate of drug-likeness (QED) is 0.750. The molecule has 0 spiro atoms. The molecule has 0 saturated heterocycles. The second-order valence-corrected chi connectivity index (χ2v) is 6.26. The summed E-state index contributed by atoms with van der Waals surface area (Å²) in [5.41, 5.74) is 0.0606. The van der Waals surface area contributed by atoms with Crippen molar-refractivity contribution in [1.82, 2.24) is 5.32 Å². The van der Waals surface area contributed by atoms with Crippen LogP contribution >= 0.6 is 11.8 Å². The van der Waals surface area contributed by atoms with Crippen LogP contribution in [-0.2, 0) is 14.4 Å². The van der Waals surface area contributed by atoms with Gasteiger partial charge in [-0.05, 0) is 12.8 Å². The molecule has 0 aromatic carbocycles. The number of aliphatic carboxylic acids is 1. The van der Waals surface area contributed by atoms with E-state index in [2.05, 4.69) is 5.32 Å². The molecule has 0 amide bonds. The molecule has 2 aliphatic rings. The first-order valence-electron chi connectivity index (χ1n) is 6.70. The second-order valence-electron chi connectivity index (χ2n) is 4.92. The van der Waals surface area contributed by atoms with Crippen LogP contribution in [0.1, 0.15) is 32.1 Å². The first kappa shape index (κ1) is 14.8. The number of allylic oxidation sites excluding steroid dienone is 3. The van der Waals surface area contributed by atoms with E-state index in [0.717, 1.165) is 12.8 Å². The van der Waals surface area contributed by atoms with E-state index in [1.165, 1.54) is 43.2 Å². The Labute approximate surface area is 121 Å². The summed E-state index contributed by atoms with van der Waals surface area (Å²) in [4.78, 5) is 34.7. The number of nitrogens with one attached hydrogen (secondary N) is 1. The molecular formula is C14H17NO4S. The van der Waals surface area contributed by atoms with E-state index in [1.54, 1.807) is 0 Å². The molecule has 108 valence electrons. The van der Waals surface area contributed by atoms with Gasteiger partial charge in [0.2, 0.25) is 5.78 Å². The van der Waals surface area contributed by atoms with Gasteiger partial charge in [0.1, 0.15) is 6.54 Å². The molecular weight excluding hydrogens is 278 g/mol. The number of carbonyl (C=O) groups is 3. The smallest absolute Gasteiger partial charge is 0.322 e. The average Bonchev–Trinajstić information content (AvgIpc) is 2.42. The Morgan fingerprint density at radius 3 is 2.55 bits per heavy atom. The Morgan fingerprint density at radius 2 is 1.90 bits per heavy atom. The van der Waals surface area contributed by atoms with Crippen LogP contribution in [0.4, 0.5) is 0 Å². The fourth-order valence-corrected chi connectivity index (χ4v) is 3.58. The summed E-state index contributed by atoms with van der Waals surface area (Å²) in [6.07, 6.45) is 8.28. The van der Waals surface area contributed by atoms with Gasteiger partial charge in [-0.2, -0.15) is 0 Å². The molecule has 5 nitrogen and oxygen atoms in total. The predicted octanol–water partition coefficient (Wildman–Crippen LogP) is 1.65. The zero-order chi connectivity index (χ0) is 14.5. The van der Waals surface area contributed by atoms with E-state index in [0.29, 0.717) is 10.2 Å². The number of carboxylic acid groups (broad SMARTS) is 1. The third kappa shape index (κ3) is 3.96. The molecule has 2 N–H and O–H groups in total. The molecule has 2 aliphatic carbocycles. The Hall–Kier alpha value is -1.56. The zero-order valence-electron chi connectivity index (χ0n) is 11.1. The maximum atomic E-state index is 12.0. The Balaban J connectivity index is 1.96. The number of thioether (sulfide) groups is 1. The lowest BCUT2D eigenvalue weighted by Crippen LogP contribution is -2.28. The van der Waals surface area contributed by atoms with Crippen molar-refractivity contribution in [2.45, 2.75) is 37.4 Å². The van der Waals surface area contributed by atoms with Crippen molar-refractivity contribution in [2.24, 2.45) is 0 Å². The van der Waals surface area contributed by atoms with Crippen LogP contribution < -0.4 is 5.32 Å². The van der Waals surface area contributed by atoms with Gasteiger partial charge in [-0.3, -0.25) is 14.4 Å². The first-order valence-corrected chi connectivity index (χ1v) is 7.58. The SMILES string of the molecule is O=C(O)CNC1=CC(=O)C(SC2CCCCC2)=CC1=O. The summed E-state index contributed by atoms with van der Waals surface area (Å²) in [6, 6.07) is 0. The van der Waals surface area contributed by atoms with Crippen molar-refractivity contribution in [2.75, 3.05) is 6.54 Å². The van der Waals surface area contributed by atoms with Gasteiger partial charge in [-0.25, -0.2) is 0 Å². The van der Waals surface area contributed by atoms with E-state index >= 15 is 0 Å². The zero-order valence-corrected chi connectivity index (χ0v) is 11.9. The van der Waals surface area contributed by atoms with Gasteiger partial charge in [-0.15, -0.1) is 11.8 Å². The minimum atomic E-state index is -1.07. The molecule has 0 aromatic rings. The molecule has 20 heavy (non-hydrogen) atoms. The highest BCUT2D eigenvalue weighted by Gasteiger charge is 2.24. The van der Waals surface area contributed by atoms with E-state index in [-0.39, 0.29) is 23.8 Å². The lowest BCUT2D eigenvalue weighted by Gasteiger charge is -2.22. The second kappa shape index (κ2) is 6.74. The number of rotatable bonds is 5. The third-order valence-corrected chi connectivity index (χ3v) is 4.70. The van der Waals surface area contributed by atoms with E-state index < -0.39 is 5.97 Å². The van der Waals surface area contributed by atoms with E-state index in [9.17, 15) is 14.4 Å². The number of carbonyl (C=O) groups excluding carboxylic acids is 2. The normalized spacial score (nSPS) is 20.4. The van der Waals surface area contributed by atoms with Gasteiger partial charge >= 0.3 is 5.97 Å². The highest BCUT2D eigenvalue weighted by Crippen LogP contribution is 2.34. The molecule has 0 radical (unpaired) electrons. The standard InChI is InChI=1S/C14H17NO4S/c16-11-7-13(20-9-4-2-1-3-5-9)12(17)6-10(11)15-8-14(18)19/h6-7,9,15H,1-5,8H2,(H,18,19). The molecule has 0 unspecified atom stereocenters. The van der Waals surface area contributed by atoms with E-state index in [1.807, 2.05) is 0 Å². The number of ketones is 2. The van der Waals surface area contributed by atoms with Crippen molar-refractivity contribution in [1.29, 1.82) is 0 Å². The first-order chi connectivity index (χ1) is 9.56. The summed E-state index contributed by atoms with van der Waals surface area (Å²) in [5.74, 6) is -1.62.